The zero-order chi connectivity index (χ0) is 94.4. The Kier molecular flexibility index (Phi) is 31.1. The number of phenols is 2. The van der Waals surface area contributed by atoms with E-state index in [1.54, 1.807) is 115 Å². The highest BCUT2D eigenvalue weighted by Crippen LogP contribution is 2.57. The maximum absolute atomic E-state index is 13.2. The fourth-order valence-corrected chi connectivity index (χ4v) is 19.2. The van der Waals surface area contributed by atoms with Crippen LogP contribution >= 0.6 is 0 Å². The maximum Gasteiger partial charge on any atom is 0.130 e. The number of rotatable bonds is 40. The highest BCUT2D eigenvalue weighted by Gasteiger charge is 2.52. The summed E-state index contributed by atoms with van der Waals surface area (Å²) < 4.78 is 35.9. The second-order valence-electron chi connectivity index (χ2n) is 34.7. The molecular weight excluding hydrogens is 1680 g/mol. The molecule has 15 rings (SSSR count). The van der Waals surface area contributed by atoms with Crippen molar-refractivity contribution in [2.45, 2.75) is 168 Å². The highest BCUT2D eigenvalue weighted by molar-refractivity contribution is 6.00. The lowest BCUT2D eigenvalue weighted by Gasteiger charge is -2.47. The topological polar surface area (TPSA) is 264 Å². The summed E-state index contributed by atoms with van der Waals surface area (Å²) in [6, 6.07) is 83.5. The molecule has 0 heterocycles. The number of ether oxygens (including phenoxy) is 6. The van der Waals surface area contributed by atoms with E-state index in [1.165, 1.54) is 22.3 Å². The van der Waals surface area contributed by atoms with Gasteiger partial charge in [-0.2, -0.15) is 0 Å². The summed E-state index contributed by atoms with van der Waals surface area (Å²) >= 11 is 0. The Balaban J connectivity index is 0.899. The Hall–Kier alpha value is -13.2. The van der Waals surface area contributed by atoms with Crippen molar-refractivity contribution in [2.24, 2.45) is 0 Å². The van der Waals surface area contributed by atoms with Crippen molar-refractivity contribution in [3.8, 4) is 135 Å². The second-order valence-corrected chi connectivity index (χ2v) is 34.7. The molecule has 10 N–H and O–H groups in total. The lowest BCUT2D eigenvalue weighted by atomic mass is 9.63. The van der Waals surface area contributed by atoms with E-state index in [4.69, 9.17) is 28.4 Å². The van der Waals surface area contributed by atoms with E-state index < -0.39 is 24.0 Å². The Labute approximate surface area is 786 Å². The number of phenolic OH excluding ortho intramolecular Hbond substituents is 2. The Morgan fingerprint density at radius 3 is 0.739 bits per heavy atom. The van der Waals surface area contributed by atoms with Gasteiger partial charge in [0.15, 0.2) is 0 Å². The molecular formula is C116H122N2O16. The number of methoxy groups -OCH3 is 6. The number of aliphatic hydroxyl groups is 8. The smallest absolute Gasteiger partial charge is 0.130 e. The summed E-state index contributed by atoms with van der Waals surface area (Å²) in [4.78, 5) is 4.20. The van der Waals surface area contributed by atoms with E-state index in [9.17, 15) is 51.1 Å². The third kappa shape index (κ3) is 19.8. The van der Waals surface area contributed by atoms with Crippen LogP contribution in [0.2, 0.25) is 0 Å². The third-order valence-corrected chi connectivity index (χ3v) is 26.4. The summed E-state index contributed by atoms with van der Waals surface area (Å²) in [5, 5.41) is 118. The van der Waals surface area contributed by atoms with Crippen LogP contribution in [0.25, 0.3) is 89.0 Å². The standard InChI is InChI=1S/C116H122N2O16/c1-11-15-19-71-23-31-77(32-24-71)95-57-81(109-85(67-121)51-75(65-119)53-105(109)131-7)39-47-99(95)117(100-48-40-82(110-86(68-122)52-76(66-120)54-106(110)132-8)58-96(100)78-33-25-72(26-34-78)20-16-12-2)89-43-45-93(103(125)61-89)113-115(127)114(116(113)128)94-46-44-90(62-104(94)126)118(101-49-41-83(111-87(69-123)55-91(129-5)63-107(111)133-9)59-97(101)79-35-27-73(28-36-79)21-17-13-3)102-50-42-84(112-88(70-124)56-92(130-6)64-108(112)134-10)60-98(102)80-37-29-74(30-38-80)22-18-14-4/h23-64,113-116,119-128H,11-22,65-70H2,1-10H3. The lowest BCUT2D eigenvalue weighted by molar-refractivity contribution is -0.0797. The molecule has 14 aromatic carbocycles. The SMILES string of the molecule is CCCCc1ccc(-c2cc(-c3c(CO)cc(CO)cc3OC)ccc2N(c2ccc(C3C(O)C(c4ccc(N(c5ccc(-c6c(CO)cc(OC)cc6OC)cc5-c5ccc(CCCC)cc5)c5ccc(-c6c(CO)cc(OC)cc6OC)cc5-c5ccc(CCCC)cc5)cc4O)C3O)c(O)c2)c2ccc(-c3c(CO)cc(CO)cc3OC)cc2-c2ccc(CCCC)cc2)cc1. The van der Waals surface area contributed by atoms with Crippen LogP contribution in [0.1, 0.15) is 158 Å². The average Bonchev–Trinajstić information content (AvgIpc) is 0.731. The minimum atomic E-state index is -1.36. The number of hydrogen-bond donors (Lipinski definition) is 10. The van der Waals surface area contributed by atoms with Gasteiger partial charge in [0.05, 0.1) is 117 Å². The molecule has 0 radical (unpaired) electrons. The number of benzene rings is 14. The van der Waals surface area contributed by atoms with Gasteiger partial charge in [0.1, 0.15) is 46.0 Å². The molecule has 0 aromatic heterocycles. The van der Waals surface area contributed by atoms with Gasteiger partial charge in [-0.05, 0) is 236 Å². The molecule has 0 bridgehead atoms. The molecule has 692 valence electrons. The van der Waals surface area contributed by atoms with Gasteiger partial charge in [-0.15, -0.1) is 0 Å². The van der Waals surface area contributed by atoms with Crippen molar-refractivity contribution >= 4 is 34.1 Å². The fraction of sp³-hybridized carbons (Fsp3) is 0.276. The third-order valence-electron chi connectivity index (χ3n) is 26.4. The molecule has 2 atom stereocenters. The van der Waals surface area contributed by atoms with Crippen LogP contribution < -0.4 is 38.2 Å². The number of unbranched alkanes of at least 4 members (excludes halogenated alkanes) is 4. The molecule has 0 aliphatic heterocycles. The van der Waals surface area contributed by atoms with E-state index in [2.05, 4.69) is 159 Å². The lowest BCUT2D eigenvalue weighted by Crippen LogP contribution is -2.51. The molecule has 14 aromatic rings. The zero-order valence-corrected chi connectivity index (χ0v) is 78.1. The zero-order valence-electron chi connectivity index (χ0n) is 78.1. The van der Waals surface area contributed by atoms with E-state index >= 15 is 0 Å². The monoisotopic (exact) mass is 1800 g/mol. The molecule has 0 amide bonds. The quantitative estimate of drug-likeness (QED) is 0.0171. The molecule has 1 aliphatic rings. The van der Waals surface area contributed by atoms with Gasteiger partial charge < -0.3 is 89.3 Å². The van der Waals surface area contributed by atoms with Crippen molar-refractivity contribution in [1.82, 2.24) is 0 Å². The largest absolute Gasteiger partial charge is 0.508 e. The number of aliphatic hydroxyl groups excluding tert-OH is 8. The summed E-state index contributed by atoms with van der Waals surface area (Å²) in [6.07, 6.45) is 8.90. The first-order valence-corrected chi connectivity index (χ1v) is 46.5. The maximum atomic E-state index is 13.2. The van der Waals surface area contributed by atoms with Crippen LogP contribution in [0.3, 0.4) is 0 Å². The molecule has 1 aliphatic carbocycles. The van der Waals surface area contributed by atoms with Crippen LogP contribution in [-0.4, -0.2) is 106 Å². The molecule has 1 fully saturated rings. The number of anilines is 6. The first-order chi connectivity index (χ1) is 65.4. The first kappa shape index (κ1) is 95.4. The van der Waals surface area contributed by atoms with Crippen LogP contribution in [0.5, 0.6) is 46.0 Å². The Morgan fingerprint density at radius 1 is 0.254 bits per heavy atom. The molecule has 134 heavy (non-hydrogen) atoms. The predicted molar refractivity (Wildman–Crippen MR) is 536 cm³/mol. The van der Waals surface area contributed by atoms with Gasteiger partial charge in [0, 0.05) is 103 Å². The number of hydrogen-bond acceptors (Lipinski definition) is 18. The van der Waals surface area contributed by atoms with Crippen LogP contribution in [-0.2, 0) is 65.3 Å². The number of aryl methyl sites for hydroxylation is 4. The van der Waals surface area contributed by atoms with Crippen molar-refractivity contribution in [3.05, 3.63) is 322 Å². The predicted octanol–water partition coefficient (Wildman–Crippen LogP) is 24.4. The number of aromatic hydroxyl groups is 2. The normalized spacial score (nSPS) is 14.0. The van der Waals surface area contributed by atoms with E-state index in [1.807, 2.05) is 60.7 Å². The van der Waals surface area contributed by atoms with Crippen molar-refractivity contribution in [2.75, 3.05) is 52.5 Å². The number of nitrogens with zero attached hydrogens (tertiary/aromatic N) is 2. The molecule has 18 nitrogen and oxygen atoms in total. The molecule has 2 unspecified atom stereocenters. The summed E-state index contributed by atoms with van der Waals surface area (Å²) in [5.41, 5.74) is 24.3. The van der Waals surface area contributed by atoms with E-state index in [0.29, 0.717) is 135 Å². The highest BCUT2D eigenvalue weighted by atomic mass is 16.5. The van der Waals surface area contributed by atoms with Crippen LogP contribution in [0, 0.1) is 0 Å². The van der Waals surface area contributed by atoms with Gasteiger partial charge in [0.2, 0.25) is 0 Å². The molecule has 18 heteroatoms. The Bertz CT molecular complexity index is 5630. The molecule has 0 spiro atoms. The van der Waals surface area contributed by atoms with Crippen LogP contribution in [0.4, 0.5) is 34.1 Å². The molecule has 0 saturated heterocycles. The van der Waals surface area contributed by atoms with Gasteiger partial charge in [-0.25, -0.2) is 0 Å². The first-order valence-electron chi connectivity index (χ1n) is 46.5. The second kappa shape index (κ2) is 43.6. The fourth-order valence-electron chi connectivity index (χ4n) is 19.2. The van der Waals surface area contributed by atoms with E-state index in [0.717, 1.165) is 133 Å². The summed E-state index contributed by atoms with van der Waals surface area (Å²) in [7, 11) is 9.47. The van der Waals surface area contributed by atoms with Gasteiger partial charge >= 0.3 is 0 Å². The van der Waals surface area contributed by atoms with Crippen molar-refractivity contribution in [1.29, 1.82) is 0 Å². The Morgan fingerprint density at radius 2 is 0.507 bits per heavy atom. The minimum Gasteiger partial charge on any atom is -0.508 e. The molecule has 1 saturated carbocycles. The average molecular weight is 1800 g/mol. The van der Waals surface area contributed by atoms with Gasteiger partial charge in [-0.1, -0.05) is 199 Å². The van der Waals surface area contributed by atoms with Gasteiger partial charge in [0.25, 0.3) is 0 Å². The van der Waals surface area contributed by atoms with Gasteiger partial charge in [-0.3, -0.25) is 0 Å². The summed E-state index contributed by atoms with van der Waals surface area (Å²) in [6.45, 7) is 6.79. The minimum absolute atomic E-state index is 0.219. The van der Waals surface area contributed by atoms with Crippen molar-refractivity contribution in [3.63, 3.8) is 0 Å². The van der Waals surface area contributed by atoms with Crippen molar-refractivity contribution < 1.29 is 79.5 Å². The van der Waals surface area contributed by atoms with E-state index in [-0.39, 0.29) is 62.3 Å². The summed E-state index contributed by atoms with van der Waals surface area (Å²) in [5.74, 6) is 0.331. The van der Waals surface area contributed by atoms with Crippen LogP contribution in [0.15, 0.2) is 255 Å².